The molecule has 9 heteroatoms. The van der Waals surface area contributed by atoms with Gasteiger partial charge in [-0.2, -0.15) is 9.57 Å². The van der Waals surface area contributed by atoms with Gasteiger partial charge in [-0.1, -0.05) is 48.5 Å². The fraction of sp³-hybridized carbons (Fsp3) is 0.200. The molecule has 3 N–H and O–H groups in total. The van der Waals surface area contributed by atoms with Crippen LogP contribution in [0.15, 0.2) is 83.8 Å². The van der Waals surface area contributed by atoms with Gasteiger partial charge in [-0.15, -0.1) is 0 Å². The summed E-state index contributed by atoms with van der Waals surface area (Å²) in [5.41, 5.74) is 6.48. The van der Waals surface area contributed by atoms with Gasteiger partial charge in [-0.05, 0) is 47.9 Å². The Kier molecular flexibility index (Phi) is 6.39. The van der Waals surface area contributed by atoms with Gasteiger partial charge < -0.3 is 15.6 Å². The molecular formula is C25H23N3O5S. The molecule has 174 valence electrons. The van der Waals surface area contributed by atoms with Crippen molar-refractivity contribution in [2.75, 3.05) is 13.1 Å². The molecule has 3 aromatic rings. The van der Waals surface area contributed by atoms with Gasteiger partial charge in [0.1, 0.15) is 11.8 Å². The molecular weight excluding hydrogens is 454 g/mol. The number of nitrogens with two attached hydrogens (primary N) is 1. The van der Waals surface area contributed by atoms with Crippen molar-refractivity contribution in [3.63, 3.8) is 0 Å². The Morgan fingerprint density at radius 2 is 1.79 bits per heavy atom. The lowest BCUT2D eigenvalue weighted by Gasteiger charge is -2.48. The largest absolute Gasteiger partial charge is 0.480 e. The Labute approximate surface area is 197 Å². The lowest BCUT2D eigenvalue weighted by atomic mass is 9.87. The minimum absolute atomic E-state index is 0.0188. The van der Waals surface area contributed by atoms with E-state index in [1.807, 2.05) is 30.3 Å². The lowest BCUT2D eigenvalue weighted by Crippen LogP contribution is -2.64. The smallest absolute Gasteiger partial charge is 0.320 e. The fourth-order valence-corrected chi connectivity index (χ4v) is 5.53. The first-order valence-electron chi connectivity index (χ1n) is 10.6. The molecule has 1 aliphatic heterocycles. The average Bonchev–Trinajstić information content (AvgIpc) is 2.81. The Balaban J connectivity index is 1.60. The standard InChI is InChI=1S/C25H23N3O5S/c26-15-19-7-4-10-21(12-19)33-25(20-8-2-1-3-9-20)16-28(17-25)34(31,32)22-11-5-6-18(13-22)14-23(27)24(29)30/h1-13,23H,14,16-17,27H2,(H,29,30). The highest BCUT2D eigenvalue weighted by Crippen LogP contribution is 2.40. The Morgan fingerprint density at radius 3 is 2.47 bits per heavy atom. The number of ether oxygens (including phenoxy) is 1. The Morgan fingerprint density at radius 1 is 1.09 bits per heavy atom. The van der Waals surface area contributed by atoms with Gasteiger partial charge in [0, 0.05) is 0 Å². The lowest BCUT2D eigenvalue weighted by molar-refractivity contribution is -0.138. The van der Waals surface area contributed by atoms with Crippen molar-refractivity contribution in [2.24, 2.45) is 5.73 Å². The summed E-state index contributed by atoms with van der Waals surface area (Å²) in [7, 11) is -3.85. The highest BCUT2D eigenvalue weighted by Gasteiger charge is 2.52. The molecule has 1 unspecified atom stereocenters. The van der Waals surface area contributed by atoms with Gasteiger partial charge in [0.25, 0.3) is 0 Å². The van der Waals surface area contributed by atoms with Crippen molar-refractivity contribution < 1.29 is 23.1 Å². The normalized spacial score (nSPS) is 16.1. The van der Waals surface area contributed by atoms with Crippen molar-refractivity contribution >= 4 is 16.0 Å². The van der Waals surface area contributed by atoms with Gasteiger partial charge in [-0.3, -0.25) is 4.79 Å². The number of aliphatic carboxylic acids is 1. The maximum Gasteiger partial charge on any atom is 0.320 e. The van der Waals surface area contributed by atoms with E-state index in [2.05, 4.69) is 6.07 Å². The van der Waals surface area contributed by atoms with Gasteiger partial charge in [0.2, 0.25) is 10.0 Å². The minimum atomic E-state index is -3.85. The van der Waals surface area contributed by atoms with Crippen molar-refractivity contribution in [2.45, 2.75) is 23.0 Å². The van der Waals surface area contributed by atoms with Crippen LogP contribution in [0.4, 0.5) is 0 Å². The third-order valence-corrected chi connectivity index (χ3v) is 7.54. The first-order valence-corrected chi connectivity index (χ1v) is 12.0. The van der Waals surface area contributed by atoms with E-state index in [0.717, 1.165) is 5.56 Å². The summed E-state index contributed by atoms with van der Waals surface area (Å²) in [5, 5.41) is 18.2. The van der Waals surface area contributed by atoms with Crippen molar-refractivity contribution in [3.8, 4) is 11.8 Å². The van der Waals surface area contributed by atoms with Gasteiger partial charge in [0.15, 0.2) is 5.60 Å². The second kappa shape index (κ2) is 9.27. The van der Waals surface area contributed by atoms with Gasteiger partial charge >= 0.3 is 5.97 Å². The molecule has 1 atom stereocenters. The van der Waals surface area contributed by atoms with E-state index in [-0.39, 0.29) is 24.4 Å². The van der Waals surface area contributed by atoms with Crippen LogP contribution in [0, 0.1) is 11.3 Å². The zero-order chi connectivity index (χ0) is 24.3. The summed E-state index contributed by atoms with van der Waals surface area (Å²) in [4.78, 5) is 11.1. The Hall–Kier alpha value is -3.71. The highest BCUT2D eigenvalue weighted by molar-refractivity contribution is 7.89. The number of hydrogen-bond donors (Lipinski definition) is 2. The van der Waals surface area contributed by atoms with E-state index in [1.165, 1.54) is 16.4 Å². The summed E-state index contributed by atoms with van der Waals surface area (Å²) in [6.07, 6.45) is 0.0188. The topological polar surface area (TPSA) is 134 Å². The molecule has 1 fully saturated rings. The van der Waals surface area contributed by atoms with E-state index in [1.54, 1.807) is 36.4 Å². The highest BCUT2D eigenvalue weighted by atomic mass is 32.2. The van der Waals surface area contributed by atoms with Gasteiger partial charge in [-0.25, -0.2) is 8.42 Å². The van der Waals surface area contributed by atoms with Crippen LogP contribution in [0.25, 0.3) is 0 Å². The summed E-state index contributed by atoms with van der Waals surface area (Å²) in [6.45, 7) is 0.157. The third-order valence-electron chi connectivity index (χ3n) is 5.75. The predicted molar refractivity (Wildman–Crippen MR) is 124 cm³/mol. The molecule has 0 amide bonds. The quantitative estimate of drug-likeness (QED) is 0.509. The first kappa shape index (κ1) is 23.4. The Bertz CT molecular complexity index is 1350. The van der Waals surface area contributed by atoms with E-state index >= 15 is 0 Å². The molecule has 1 saturated heterocycles. The van der Waals surface area contributed by atoms with E-state index in [4.69, 9.17) is 15.6 Å². The minimum Gasteiger partial charge on any atom is -0.480 e. The summed E-state index contributed by atoms with van der Waals surface area (Å²) < 4.78 is 34.3. The van der Waals surface area contributed by atoms with Crippen LogP contribution in [0.1, 0.15) is 16.7 Å². The number of hydrogen-bond acceptors (Lipinski definition) is 6. The molecule has 1 heterocycles. The first-order chi connectivity index (χ1) is 16.2. The number of carboxylic acids is 1. The van der Waals surface area contributed by atoms with Crippen LogP contribution in [0.2, 0.25) is 0 Å². The molecule has 0 saturated carbocycles. The molecule has 1 aliphatic rings. The molecule has 0 bridgehead atoms. The number of carbonyl (C=O) groups is 1. The number of nitrogens with zero attached hydrogens (tertiary/aromatic N) is 2. The van der Waals surface area contributed by atoms with E-state index < -0.39 is 27.6 Å². The van der Waals surface area contributed by atoms with Crippen molar-refractivity contribution in [3.05, 3.63) is 95.6 Å². The fourth-order valence-electron chi connectivity index (χ4n) is 3.92. The zero-order valence-electron chi connectivity index (χ0n) is 18.2. The number of nitriles is 1. The van der Waals surface area contributed by atoms with Crippen LogP contribution in [-0.2, 0) is 26.8 Å². The zero-order valence-corrected chi connectivity index (χ0v) is 19.0. The average molecular weight is 478 g/mol. The second-order valence-electron chi connectivity index (χ2n) is 8.17. The molecule has 0 aromatic heterocycles. The second-order valence-corrected chi connectivity index (χ2v) is 10.1. The number of sulfonamides is 1. The molecule has 4 rings (SSSR count). The molecule has 8 nitrogen and oxygen atoms in total. The molecule has 0 spiro atoms. The molecule has 0 radical (unpaired) electrons. The summed E-state index contributed by atoms with van der Waals surface area (Å²) >= 11 is 0. The molecule has 3 aromatic carbocycles. The van der Waals surface area contributed by atoms with Crippen LogP contribution in [0.5, 0.6) is 5.75 Å². The van der Waals surface area contributed by atoms with E-state index in [9.17, 15) is 18.5 Å². The summed E-state index contributed by atoms with van der Waals surface area (Å²) in [6, 6.07) is 23.2. The van der Waals surface area contributed by atoms with Crippen molar-refractivity contribution in [1.29, 1.82) is 5.26 Å². The van der Waals surface area contributed by atoms with Crippen molar-refractivity contribution in [1.82, 2.24) is 4.31 Å². The maximum absolute atomic E-state index is 13.3. The maximum atomic E-state index is 13.3. The van der Waals surface area contributed by atoms with Crippen LogP contribution in [-0.4, -0.2) is 42.9 Å². The number of benzene rings is 3. The van der Waals surface area contributed by atoms with Gasteiger partial charge in [0.05, 0.1) is 29.6 Å². The van der Waals surface area contributed by atoms with E-state index in [0.29, 0.717) is 16.9 Å². The monoisotopic (exact) mass is 477 g/mol. The van der Waals surface area contributed by atoms with Crippen LogP contribution < -0.4 is 10.5 Å². The molecule has 0 aliphatic carbocycles. The van der Waals surface area contributed by atoms with Crippen LogP contribution >= 0.6 is 0 Å². The number of rotatable bonds is 8. The molecule has 34 heavy (non-hydrogen) atoms. The number of carboxylic acid groups (broad SMARTS) is 1. The summed E-state index contributed by atoms with van der Waals surface area (Å²) in [5.74, 6) is -0.675. The SMILES string of the molecule is N#Cc1cccc(OC2(c3ccccc3)CN(S(=O)(=O)c3cccc(CC(N)C(=O)O)c3)C2)c1. The predicted octanol–water partition coefficient (Wildman–Crippen LogP) is 2.49. The third kappa shape index (κ3) is 4.65. The van der Waals surface area contributed by atoms with Crippen LogP contribution in [0.3, 0.4) is 0 Å².